The van der Waals surface area contributed by atoms with Crippen LogP contribution in [0.15, 0.2) is 12.1 Å². The van der Waals surface area contributed by atoms with Crippen molar-refractivity contribution in [1.29, 1.82) is 0 Å². The summed E-state index contributed by atoms with van der Waals surface area (Å²) in [6.45, 7) is 2.46. The summed E-state index contributed by atoms with van der Waals surface area (Å²) in [6.07, 6.45) is 0.440. The van der Waals surface area contributed by atoms with E-state index in [1.165, 1.54) is 7.11 Å². The molecular weight excluding hydrogens is 248 g/mol. The maximum absolute atomic E-state index is 11.8. The summed E-state index contributed by atoms with van der Waals surface area (Å²) in [5.41, 5.74) is 1.14. The topological polar surface area (TPSA) is 61.8 Å². The van der Waals surface area contributed by atoms with Crippen LogP contribution in [-0.4, -0.2) is 32.1 Å². The Morgan fingerprint density at radius 2 is 2.21 bits per heavy atom. The number of methoxy groups -OCH3 is 1. The SMILES string of the molecule is CCOC(=O)Cc1cc2c(cc1OC)OCCC2=O. The Bertz CT molecular complexity index is 507. The zero-order valence-corrected chi connectivity index (χ0v) is 11.0. The number of esters is 1. The highest BCUT2D eigenvalue weighted by molar-refractivity contribution is 6.00. The van der Waals surface area contributed by atoms with Crippen molar-refractivity contribution in [2.75, 3.05) is 20.3 Å². The summed E-state index contributed by atoms with van der Waals surface area (Å²) in [5.74, 6) is 0.723. The number of ketones is 1. The van der Waals surface area contributed by atoms with E-state index in [-0.39, 0.29) is 18.2 Å². The number of fused-ring (bicyclic) bond motifs is 1. The van der Waals surface area contributed by atoms with Crippen LogP contribution in [0.3, 0.4) is 0 Å². The van der Waals surface area contributed by atoms with Crippen LogP contribution in [0.25, 0.3) is 0 Å². The van der Waals surface area contributed by atoms with Gasteiger partial charge in [0, 0.05) is 18.1 Å². The van der Waals surface area contributed by atoms with E-state index in [1.54, 1.807) is 19.1 Å². The third kappa shape index (κ3) is 2.86. The lowest BCUT2D eigenvalue weighted by atomic mass is 10.00. The van der Waals surface area contributed by atoms with E-state index < -0.39 is 0 Å². The molecule has 1 heterocycles. The number of Topliss-reactive ketones (excluding diaryl/α,β-unsaturated/α-hetero) is 1. The Labute approximate surface area is 111 Å². The first kappa shape index (κ1) is 13.4. The van der Waals surface area contributed by atoms with Gasteiger partial charge in [-0.05, 0) is 13.0 Å². The Morgan fingerprint density at radius 1 is 1.42 bits per heavy atom. The molecule has 0 amide bonds. The summed E-state index contributed by atoms with van der Waals surface area (Å²) >= 11 is 0. The number of rotatable bonds is 4. The minimum Gasteiger partial charge on any atom is -0.496 e. The summed E-state index contributed by atoms with van der Waals surface area (Å²) in [4.78, 5) is 23.3. The first-order chi connectivity index (χ1) is 9.15. The number of carbonyl (C=O) groups is 2. The lowest BCUT2D eigenvalue weighted by Crippen LogP contribution is -2.17. The Hall–Kier alpha value is -2.04. The van der Waals surface area contributed by atoms with E-state index in [1.807, 2.05) is 0 Å². The summed E-state index contributed by atoms with van der Waals surface area (Å²) in [7, 11) is 1.51. The molecule has 0 aliphatic carbocycles. The second kappa shape index (κ2) is 5.73. The minimum absolute atomic E-state index is 0.0222. The Balaban J connectivity index is 2.34. The molecule has 5 nitrogen and oxygen atoms in total. The molecule has 0 saturated carbocycles. The molecular formula is C14H16O5. The smallest absolute Gasteiger partial charge is 0.310 e. The van der Waals surface area contributed by atoms with Crippen molar-refractivity contribution in [3.05, 3.63) is 23.3 Å². The zero-order valence-electron chi connectivity index (χ0n) is 11.0. The standard InChI is InChI=1S/C14H16O5/c1-3-18-14(16)7-9-6-10-11(15)4-5-19-13(10)8-12(9)17-2/h6,8H,3-5,7H2,1-2H3. The van der Waals surface area contributed by atoms with Crippen molar-refractivity contribution in [1.82, 2.24) is 0 Å². The highest BCUT2D eigenvalue weighted by Crippen LogP contribution is 2.32. The lowest BCUT2D eigenvalue weighted by molar-refractivity contribution is -0.142. The van der Waals surface area contributed by atoms with E-state index >= 15 is 0 Å². The quantitative estimate of drug-likeness (QED) is 0.775. The molecule has 0 aromatic heterocycles. The molecule has 0 spiro atoms. The molecule has 0 N–H and O–H groups in total. The van der Waals surface area contributed by atoms with Crippen molar-refractivity contribution in [3.63, 3.8) is 0 Å². The van der Waals surface area contributed by atoms with Crippen LogP contribution >= 0.6 is 0 Å². The first-order valence-corrected chi connectivity index (χ1v) is 6.18. The molecule has 0 saturated heterocycles. The molecule has 102 valence electrons. The van der Waals surface area contributed by atoms with Gasteiger partial charge in [0.2, 0.25) is 0 Å². The van der Waals surface area contributed by atoms with Crippen LogP contribution in [-0.2, 0) is 16.0 Å². The van der Waals surface area contributed by atoms with Crippen molar-refractivity contribution in [2.24, 2.45) is 0 Å². The van der Waals surface area contributed by atoms with Gasteiger partial charge in [0.05, 0.1) is 32.3 Å². The predicted octanol–water partition coefficient (Wildman–Crippen LogP) is 1.77. The minimum atomic E-state index is -0.343. The van der Waals surface area contributed by atoms with E-state index in [2.05, 4.69) is 0 Å². The largest absolute Gasteiger partial charge is 0.496 e. The molecule has 0 bridgehead atoms. The lowest BCUT2D eigenvalue weighted by Gasteiger charge is -2.19. The summed E-state index contributed by atoms with van der Waals surface area (Å²) < 4.78 is 15.6. The van der Waals surface area contributed by atoms with Gasteiger partial charge >= 0.3 is 5.97 Å². The fourth-order valence-corrected chi connectivity index (χ4v) is 2.03. The number of benzene rings is 1. The molecule has 0 unspecified atom stereocenters. The summed E-state index contributed by atoms with van der Waals surface area (Å²) in [6, 6.07) is 3.31. The molecule has 1 aromatic carbocycles. The maximum Gasteiger partial charge on any atom is 0.310 e. The second-order valence-electron chi connectivity index (χ2n) is 4.16. The van der Waals surface area contributed by atoms with Crippen molar-refractivity contribution >= 4 is 11.8 Å². The van der Waals surface area contributed by atoms with E-state index in [9.17, 15) is 9.59 Å². The maximum atomic E-state index is 11.8. The normalized spacial score (nSPS) is 13.5. The molecule has 5 heteroatoms. The van der Waals surface area contributed by atoms with E-state index in [4.69, 9.17) is 14.2 Å². The van der Waals surface area contributed by atoms with Crippen LogP contribution in [0.4, 0.5) is 0 Å². The molecule has 19 heavy (non-hydrogen) atoms. The molecule has 1 aliphatic heterocycles. The average molecular weight is 264 g/mol. The Morgan fingerprint density at radius 3 is 2.89 bits per heavy atom. The monoisotopic (exact) mass is 264 g/mol. The highest BCUT2D eigenvalue weighted by Gasteiger charge is 2.22. The molecule has 2 rings (SSSR count). The van der Waals surface area contributed by atoms with Gasteiger partial charge in [-0.25, -0.2) is 0 Å². The molecule has 0 radical (unpaired) electrons. The molecule has 0 fully saturated rings. The van der Waals surface area contributed by atoms with Crippen LogP contribution in [0.1, 0.15) is 29.3 Å². The van der Waals surface area contributed by atoms with Crippen molar-refractivity contribution < 1.29 is 23.8 Å². The summed E-state index contributed by atoms with van der Waals surface area (Å²) in [5, 5.41) is 0. The van der Waals surface area contributed by atoms with Crippen LogP contribution < -0.4 is 9.47 Å². The zero-order chi connectivity index (χ0) is 13.8. The van der Waals surface area contributed by atoms with Gasteiger partial charge in [-0.2, -0.15) is 0 Å². The van der Waals surface area contributed by atoms with E-state index in [0.717, 1.165) is 0 Å². The predicted molar refractivity (Wildman–Crippen MR) is 67.8 cm³/mol. The van der Waals surface area contributed by atoms with E-state index in [0.29, 0.717) is 42.3 Å². The van der Waals surface area contributed by atoms with Crippen LogP contribution in [0, 0.1) is 0 Å². The van der Waals surface area contributed by atoms with Crippen LogP contribution in [0.2, 0.25) is 0 Å². The fourth-order valence-electron chi connectivity index (χ4n) is 2.03. The highest BCUT2D eigenvalue weighted by atomic mass is 16.5. The third-order valence-corrected chi connectivity index (χ3v) is 2.91. The van der Waals surface area contributed by atoms with Gasteiger partial charge in [-0.1, -0.05) is 0 Å². The third-order valence-electron chi connectivity index (χ3n) is 2.91. The van der Waals surface area contributed by atoms with Gasteiger partial charge in [0.25, 0.3) is 0 Å². The number of ether oxygens (including phenoxy) is 3. The average Bonchev–Trinajstić information content (AvgIpc) is 2.39. The molecule has 1 aromatic rings. The number of carbonyl (C=O) groups excluding carboxylic acids is 2. The number of hydrogen-bond acceptors (Lipinski definition) is 5. The Kier molecular flexibility index (Phi) is 4.04. The number of hydrogen-bond donors (Lipinski definition) is 0. The van der Waals surface area contributed by atoms with Gasteiger partial charge in [0.1, 0.15) is 11.5 Å². The van der Waals surface area contributed by atoms with Gasteiger partial charge in [-0.3, -0.25) is 9.59 Å². The van der Waals surface area contributed by atoms with Crippen LogP contribution in [0.5, 0.6) is 11.5 Å². The van der Waals surface area contributed by atoms with Gasteiger partial charge in [0.15, 0.2) is 5.78 Å². The molecule has 0 atom stereocenters. The second-order valence-corrected chi connectivity index (χ2v) is 4.16. The van der Waals surface area contributed by atoms with Gasteiger partial charge in [-0.15, -0.1) is 0 Å². The van der Waals surface area contributed by atoms with Crippen molar-refractivity contribution in [2.45, 2.75) is 19.8 Å². The first-order valence-electron chi connectivity index (χ1n) is 6.18. The van der Waals surface area contributed by atoms with Crippen molar-refractivity contribution in [3.8, 4) is 11.5 Å². The molecule has 1 aliphatic rings. The fraction of sp³-hybridized carbons (Fsp3) is 0.429. The van der Waals surface area contributed by atoms with Gasteiger partial charge < -0.3 is 14.2 Å².